The van der Waals surface area contributed by atoms with Gasteiger partial charge in [0, 0.05) is 53.1 Å². The van der Waals surface area contributed by atoms with Crippen molar-refractivity contribution in [3.63, 3.8) is 0 Å². The zero-order chi connectivity index (χ0) is 19.3. The Kier molecular flexibility index (Phi) is 10.5. The summed E-state index contributed by atoms with van der Waals surface area (Å²) in [5.74, 6) is 1.41. The predicted molar refractivity (Wildman–Crippen MR) is 108 cm³/mol. The van der Waals surface area contributed by atoms with E-state index >= 15 is 0 Å². The van der Waals surface area contributed by atoms with Crippen molar-refractivity contribution in [1.29, 1.82) is 0 Å². The van der Waals surface area contributed by atoms with Crippen LogP contribution in [-0.4, -0.2) is 76.4 Å². The van der Waals surface area contributed by atoms with Crippen LogP contribution >= 0.6 is 0 Å². The Hall–Kier alpha value is -1.34. The molecule has 0 aromatic heterocycles. The highest BCUT2D eigenvalue weighted by atomic mass is 16.5. The molecule has 1 saturated carbocycles. The average molecular weight is 383 g/mol. The molecule has 7 heteroatoms. The molecule has 156 valence electrons. The molecule has 1 aliphatic heterocycles. The first kappa shape index (κ1) is 22.0. The zero-order valence-corrected chi connectivity index (χ0v) is 17.2. The van der Waals surface area contributed by atoms with Gasteiger partial charge in [-0.2, -0.15) is 0 Å². The molecule has 1 saturated heterocycles. The average Bonchev–Trinajstić information content (AvgIpc) is 2.69. The van der Waals surface area contributed by atoms with Crippen LogP contribution in [0.5, 0.6) is 0 Å². The van der Waals surface area contributed by atoms with Crippen LogP contribution in [0.25, 0.3) is 0 Å². The summed E-state index contributed by atoms with van der Waals surface area (Å²) in [5.41, 5.74) is 0. The first-order chi connectivity index (χ1) is 13.1. The van der Waals surface area contributed by atoms with Crippen molar-refractivity contribution in [2.75, 3.05) is 53.6 Å². The van der Waals surface area contributed by atoms with Crippen molar-refractivity contribution in [3.8, 4) is 0 Å². The third-order valence-corrected chi connectivity index (χ3v) is 5.27. The number of guanidine groups is 1. The highest BCUT2D eigenvalue weighted by molar-refractivity contribution is 5.84. The minimum absolute atomic E-state index is 0.0135. The first-order valence-corrected chi connectivity index (χ1v) is 10.6. The number of nitrogens with one attached hydrogen (secondary N) is 2. The van der Waals surface area contributed by atoms with E-state index in [4.69, 9.17) is 9.47 Å². The Bertz CT molecular complexity index is 445. The maximum atomic E-state index is 11.8. The lowest BCUT2D eigenvalue weighted by atomic mass is 9.96. The lowest BCUT2D eigenvalue weighted by Gasteiger charge is -2.25. The molecule has 1 aliphatic carbocycles. The first-order valence-electron chi connectivity index (χ1n) is 10.6. The van der Waals surface area contributed by atoms with Crippen LogP contribution in [-0.2, 0) is 14.3 Å². The van der Waals surface area contributed by atoms with Crippen LogP contribution in [0.1, 0.15) is 51.4 Å². The van der Waals surface area contributed by atoms with Crippen molar-refractivity contribution in [3.05, 3.63) is 0 Å². The standard InChI is InChI=1S/C20H38N4O3/c1-24(2)19(25)15-22-20(23-18-7-4-3-5-8-18)21-11-6-12-27-16-17-9-13-26-14-10-17/h17-18H,3-16H2,1-2H3,(H2,21,22,23). The Balaban J connectivity index is 1.66. The van der Waals surface area contributed by atoms with Crippen molar-refractivity contribution >= 4 is 11.9 Å². The van der Waals surface area contributed by atoms with Gasteiger partial charge in [-0.25, -0.2) is 4.99 Å². The van der Waals surface area contributed by atoms with Crippen molar-refractivity contribution in [1.82, 2.24) is 15.5 Å². The molecular formula is C20H38N4O3. The quantitative estimate of drug-likeness (QED) is 0.361. The lowest BCUT2D eigenvalue weighted by molar-refractivity contribution is -0.127. The molecule has 1 amide bonds. The molecule has 0 atom stereocenters. The van der Waals surface area contributed by atoms with E-state index in [0.29, 0.717) is 12.0 Å². The van der Waals surface area contributed by atoms with E-state index < -0.39 is 0 Å². The minimum Gasteiger partial charge on any atom is -0.381 e. The molecular weight excluding hydrogens is 344 g/mol. The summed E-state index contributed by atoms with van der Waals surface area (Å²) in [6, 6.07) is 0.462. The maximum Gasteiger partial charge on any atom is 0.243 e. The summed E-state index contributed by atoms with van der Waals surface area (Å²) >= 11 is 0. The number of ether oxygens (including phenoxy) is 2. The van der Waals surface area contributed by atoms with Gasteiger partial charge in [0.05, 0.1) is 0 Å². The lowest BCUT2D eigenvalue weighted by Crippen LogP contribution is -2.45. The number of likely N-dealkylation sites (N-methyl/N-ethyl adjacent to an activating group) is 1. The molecule has 0 unspecified atom stereocenters. The summed E-state index contributed by atoms with van der Waals surface area (Å²) < 4.78 is 11.2. The number of rotatable bonds is 9. The van der Waals surface area contributed by atoms with Gasteiger partial charge in [0.2, 0.25) is 5.91 Å². The predicted octanol–water partition coefficient (Wildman–Crippen LogP) is 1.78. The SMILES string of the molecule is CN(C)C(=O)CN=C(NCCCOCC1CCOCC1)NC1CCCCC1. The number of carbonyl (C=O) groups is 1. The van der Waals surface area contributed by atoms with Crippen LogP contribution in [0.15, 0.2) is 4.99 Å². The topological polar surface area (TPSA) is 75.2 Å². The zero-order valence-electron chi connectivity index (χ0n) is 17.2. The molecule has 7 nitrogen and oxygen atoms in total. The normalized spacial score (nSPS) is 19.7. The fraction of sp³-hybridized carbons (Fsp3) is 0.900. The van der Waals surface area contributed by atoms with Crippen LogP contribution in [0, 0.1) is 5.92 Å². The van der Waals surface area contributed by atoms with Crippen LogP contribution < -0.4 is 10.6 Å². The third-order valence-electron chi connectivity index (χ3n) is 5.27. The Labute approximate surface area is 164 Å². The van der Waals surface area contributed by atoms with Crippen molar-refractivity contribution < 1.29 is 14.3 Å². The van der Waals surface area contributed by atoms with Gasteiger partial charge in [-0.15, -0.1) is 0 Å². The van der Waals surface area contributed by atoms with Crippen LogP contribution in [0.4, 0.5) is 0 Å². The summed E-state index contributed by atoms with van der Waals surface area (Å²) in [7, 11) is 3.52. The van der Waals surface area contributed by atoms with Gasteiger partial charge in [0.25, 0.3) is 0 Å². The fourth-order valence-corrected chi connectivity index (χ4v) is 3.43. The van der Waals surface area contributed by atoms with Gasteiger partial charge in [-0.1, -0.05) is 19.3 Å². The van der Waals surface area contributed by atoms with Crippen LogP contribution in [0.2, 0.25) is 0 Å². The van der Waals surface area contributed by atoms with Gasteiger partial charge < -0.3 is 25.0 Å². The van der Waals surface area contributed by atoms with E-state index in [1.165, 1.54) is 32.1 Å². The Morgan fingerprint density at radius 2 is 1.89 bits per heavy atom. The second-order valence-corrected chi connectivity index (χ2v) is 7.84. The Morgan fingerprint density at radius 3 is 2.59 bits per heavy atom. The number of hydrogen-bond donors (Lipinski definition) is 2. The molecule has 0 bridgehead atoms. The van der Waals surface area contributed by atoms with Crippen molar-refractivity contribution in [2.24, 2.45) is 10.9 Å². The van der Waals surface area contributed by atoms with E-state index in [1.54, 1.807) is 19.0 Å². The summed E-state index contributed by atoms with van der Waals surface area (Å²) in [6.45, 7) is 4.29. The molecule has 1 heterocycles. The maximum absolute atomic E-state index is 11.8. The second kappa shape index (κ2) is 12.9. The van der Waals surface area contributed by atoms with Gasteiger partial charge in [0.1, 0.15) is 6.54 Å². The number of carbonyl (C=O) groups excluding carboxylic acids is 1. The van der Waals surface area contributed by atoms with E-state index in [2.05, 4.69) is 15.6 Å². The molecule has 0 radical (unpaired) electrons. The number of amides is 1. The molecule has 2 fully saturated rings. The smallest absolute Gasteiger partial charge is 0.243 e. The van der Waals surface area contributed by atoms with Crippen molar-refractivity contribution in [2.45, 2.75) is 57.4 Å². The largest absolute Gasteiger partial charge is 0.381 e. The number of nitrogens with zero attached hydrogens (tertiary/aromatic N) is 2. The second-order valence-electron chi connectivity index (χ2n) is 7.84. The highest BCUT2D eigenvalue weighted by Crippen LogP contribution is 2.17. The Morgan fingerprint density at radius 1 is 1.15 bits per heavy atom. The van der Waals surface area contributed by atoms with Crippen LogP contribution in [0.3, 0.4) is 0 Å². The molecule has 2 rings (SSSR count). The highest BCUT2D eigenvalue weighted by Gasteiger charge is 2.15. The number of hydrogen-bond acceptors (Lipinski definition) is 4. The molecule has 0 aromatic carbocycles. The fourth-order valence-electron chi connectivity index (χ4n) is 3.43. The third kappa shape index (κ3) is 9.42. The monoisotopic (exact) mass is 382 g/mol. The van der Waals surface area contributed by atoms with Gasteiger partial charge in [0.15, 0.2) is 5.96 Å². The van der Waals surface area contributed by atoms with Gasteiger partial charge in [-0.3, -0.25) is 4.79 Å². The molecule has 27 heavy (non-hydrogen) atoms. The van der Waals surface area contributed by atoms with Gasteiger partial charge in [-0.05, 0) is 38.0 Å². The van der Waals surface area contributed by atoms with E-state index in [-0.39, 0.29) is 12.5 Å². The van der Waals surface area contributed by atoms with Gasteiger partial charge >= 0.3 is 0 Å². The molecule has 2 aliphatic rings. The minimum atomic E-state index is 0.0135. The summed E-state index contributed by atoms with van der Waals surface area (Å²) in [6.07, 6.45) is 9.36. The summed E-state index contributed by atoms with van der Waals surface area (Å²) in [4.78, 5) is 17.9. The molecule has 0 spiro atoms. The van der Waals surface area contributed by atoms with E-state index in [0.717, 1.165) is 58.2 Å². The number of aliphatic imine (C=N–C) groups is 1. The van der Waals surface area contributed by atoms with E-state index in [1.807, 2.05) is 0 Å². The molecule has 2 N–H and O–H groups in total. The molecule has 0 aromatic rings. The van der Waals surface area contributed by atoms with E-state index in [9.17, 15) is 4.79 Å². The summed E-state index contributed by atoms with van der Waals surface area (Å²) in [5, 5.41) is 6.87.